The number of aromatic nitrogens is 2. The maximum atomic E-state index is 11.6. The maximum Gasteiger partial charge on any atom is 0.339 e. The highest BCUT2D eigenvalue weighted by molar-refractivity contribution is 9.10. The highest BCUT2D eigenvalue weighted by Gasteiger charge is 2.14. The summed E-state index contributed by atoms with van der Waals surface area (Å²) in [5, 5.41) is 9.18. The topological polar surface area (TPSA) is 92.3 Å². The summed E-state index contributed by atoms with van der Waals surface area (Å²) >= 11 is 3.20. The van der Waals surface area contributed by atoms with Crippen molar-refractivity contribution in [1.29, 1.82) is 0 Å². The molecular formula is C14H13BrN2O4. The van der Waals surface area contributed by atoms with Gasteiger partial charge in [-0.25, -0.2) is 4.79 Å². The van der Waals surface area contributed by atoms with Gasteiger partial charge < -0.3 is 14.8 Å². The van der Waals surface area contributed by atoms with Crippen molar-refractivity contribution in [2.24, 2.45) is 0 Å². The van der Waals surface area contributed by atoms with Crippen LogP contribution in [-0.4, -0.2) is 21.0 Å². The Labute approximate surface area is 128 Å². The maximum absolute atomic E-state index is 11.6. The average molecular weight is 353 g/mol. The van der Waals surface area contributed by atoms with E-state index in [1.165, 1.54) is 18.2 Å². The molecule has 2 N–H and O–H groups in total. The van der Waals surface area contributed by atoms with Crippen LogP contribution in [0.5, 0.6) is 11.6 Å². The molecule has 0 aliphatic carbocycles. The van der Waals surface area contributed by atoms with Crippen molar-refractivity contribution in [2.75, 3.05) is 0 Å². The Morgan fingerprint density at radius 1 is 1.38 bits per heavy atom. The summed E-state index contributed by atoms with van der Waals surface area (Å²) in [6.45, 7) is 3.76. The van der Waals surface area contributed by atoms with Crippen LogP contribution in [0.1, 0.15) is 35.9 Å². The number of aromatic amines is 1. The van der Waals surface area contributed by atoms with E-state index in [2.05, 4.69) is 25.9 Å². The van der Waals surface area contributed by atoms with Gasteiger partial charge >= 0.3 is 5.97 Å². The van der Waals surface area contributed by atoms with Gasteiger partial charge in [0.15, 0.2) is 0 Å². The zero-order chi connectivity index (χ0) is 15.6. The lowest BCUT2D eigenvalue weighted by Gasteiger charge is -2.10. The molecule has 21 heavy (non-hydrogen) atoms. The van der Waals surface area contributed by atoms with E-state index in [0.29, 0.717) is 10.3 Å². The summed E-state index contributed by atoms with van der Waals surface area (Å²) < 4.78 is 6.08. The number of carbonyl (C=O) groups is 1. The molecule has 2 aromatic rings. The minimum atomic E-state index is -1.12. The van der Waals surface area contributed by atoms with Gasteiger partial charge in [0.2, 0.25) is 5.88 Å². The van der Waals surface area contributed by atoms with Gasteiger partial charge in [-0.1, -0.05) is 29.8 Å². The van der Waals surface area contributed by atoms with Gasteiger partial charge in [0.25, 0.3) is 5.56 Å². The number of hydrogen-bond acceptors (Lipinski definition) is 4. The van der Waals surface area contributed by atoms with Gasteiger partial charge in [0.1, 0.15) is 17.1 Å². The largest absolute Gasteiger partial charge is 0.478 e. The molecule has 1 aromatic carbocycles. The molecule has 0 fully saturated rings. The third kappa shape index (κ3) is 3.69. The summed E-state index contributed by atoms with van der Waals surface area (Å²) in [5.74, 6) is -0.442. The van der Waals surface area contributed by atoms with E-state index in [-0.39, 0.29) is 28.7 Å². The summed E-state index contributed by atoms with van der Waals surface area (Å²) in [6, 6.07) is 5.76. The highest BCUT2D eigenvalue weighted by Crippen LogP contribution is 2.27. The fraction of sp³-hybridized carbons (Fsp3) is 0.214. The van der Waals surface area contributed by atoms with E-state index in [4.69, 9.17) is 4.74 Å². The van der Waals surface area contributed by atoms with Crippen molar-refractivity contribution in [2.45, 2.75) is 19.8 Å². The highest BCUT2D eigenvalue weighted by atomic mass is 79.9. The molecule has 7 heteroatoms. The number of halogens is 1. The molecule has 0 saturated carbocycles. The van der Waals surface area contributed by atoms with E-state index in [9.17, 15) is 14.7 Å². The predicted molar refractivity (Wildman–Crippen MR) is 80.1 cm³/mol. The first-order valence-electron chi connectivity index (χ1n) is 6.19. The van der Waals surface area contributed by atoms with E-state index < -0.39 is 5.97 Å². The lowest BCUT2D eigenvalue weighted by molar-refractivity contribution is 0.0694. The second kappa shape index (κ2) is 6.09. The van der Waals surface area contributed by atoms with E-state index in [1.54, 1.807) is 6.07 Å². The Morgan fingerprint density at radius 2 is 2.10 bits per heavy atom. The number of carboxylic acid groups (broad SMARTS) is 1. The third-order valence-electron chi connectivity index (χ3n) is 2.67. The summed E-state index contributed by atoms with van der Waals surface area (Å²) in [7, 11) is 0. The standard InChI is InChI=1S/C14H13BrN2O4/c1-7(2)13-16-11(18)6-12(17-13)21-10-4-3-8(15)5-9(10)14(19)20/h3-7H,1-2H3,(H,19,20)(H,16,17,18). The molecule has 0 unspecified atom stereocenters. The second-order valence-corrected chi connectivity index (χ2v) is 5.59. The number of hydrogen-bond donors (Lipinski definition) is 2. The van der Waals surface area contributed by atoms with Gasteiger partial charge in [0.05, 0.1) is 6.07 Å². The fourth-order valence-corrected chi connectivity index (χ4v) is 2.01. The Kier molecular flexibility index (Phi) is 4.42. The minimum absolute atomic E-state index is 0.0162. The Bertz CT molecular complexity index is 740. The first-order valence-corrected chi connectivity index (χ1v) is 6.98. The van der Waals surface area contributed by atoms with Crippen molar-refractivity contribution >= 4 is 21.9 Å². The monoisotopic (exact) mass is 352 g/mol. The summed E-state index contributed by atoms with van der Waals surface area (Å²) in [5.41, 5.74) is -0.366. The molecule has 0 spiro atoms. The summed E-state index contributed by atoms with van der Waals surface area (Å²) in [6.07, 6.45) is 0. The van der Waals surface area contributed by atoms with Gasteiger partial charge in [-0.05, 0) is 18.2 Å². The molecule has 0 radical (unpaired) electrons. The number of aromatic carboxylic acids is 1. The average Bonchev–Trinajstić information content (AvgIpc) is 2.40. The van der Waals surface area contributed by atoms with Crippen LogP contribution in [0.3, 0.4) is 0 Å². The van der Waals surface area contributed by atoms with Crippen LogP contribution in [0.2, 0.25) is 0 Å². The number of rotatable bonds is 4. The molecule has 110 valence electrons. The molecule has 0 amide bonds. The number of benzene rings is 1. The first kappa shape index (κ1) is 15.2. The lowest BCUT2D eigenvalue weighted by Crippen LogP contribution is -2.12. The molecule has 0 atom stereocenters. The van der Waals surface area contributed by atoms with Crippen molar-refractivity contribution in [3.63, 3.8) is 0 Å². The number of carboxylic acids is 1. The van der Waals surface area contributed by atoms with Crippen LogP contribution >= 0.6 is 15.9 Å². The molecule has 0 aliphatic rings. The number of nitrogens with one attached hydrogen (secondary N) is 1. The normalized spacial score (nSPS) is 10.7. The molecular weight excluding hydrogens is 340 g/mol. The molecule has 1 heterocycles. The quantitative estimate of drug-likeness (QED) is 0.881. The fourth-order valence-electron chi connectivity index (χ4n) is 1.65. The Hall–Kier alpha value is -2.15. The molecule has 6 nitrogen and oxygen atoms in total. The molecule has 0 bridgehead atoms. The molecule has 2 rings (SSSR count). The number of H-pyrrole nitrogens is 1. The zero-order valence-electron chi connectivity index (χ0n) is 11.4. The number of nitrogens with zero attached hydrogens (tertiary/aromatic N) is 1. The molecule has 1 aromatic heterocycles. The molecule has 0 saturated heterocycles. The van der Waals surface area contributed by atoms with Gasteiger partial charge in [-0.2, -0.15) is 4.98 Å². The van der Waals surface area contributed by atoms with E-state index in [1.807, 2.05) is 13.8 Å². The van der Waals surface area contributed by atoms with Crippen molar-refractivity contribution in [1.82, 2.24) is 9.97 Å². The van der Waals surface area contributed by atoms with Crippen molar-refractivity contribution in [3.8, 4) is 11.6 Å². The van der Waals surface area contributed by atoms with Gasteiger partial charge in [-0.3, -0.25) is 4.79 Å². The van der Waals surface area contributed by atoms with Crippen LogP contribution in [-0.2, 0) is 0 Å². The van der Waals surface area contributed by atoms with Crippen LogP contribution in [0.15, 0.2) is 33.5 Å². The zero-order valence-corrected chi connectivity index (χ0v) is 13.0. The lowest BCUT2D eigenvalue weighted by atomic mass is 10.2. The second-order valence-electron chi connectivity index (χ2n) is 4.67. The van der Waals surface area contributed by atoms with Gasteiger partial charge in [0, 0.05) is 10.4 Å². The Balaban J connectivity index is 2.43. The number of ether oxygens (including phenoxy) is 1. The van der Waals surface area contributed by atoms with E-state index >= 15 is 0 Å². The first-order chi connectivity index (χ1) is 9.86. The summed E-state index contributed by atoms with van der Waals surface area (Å²) in [4.78, 5) is 29.6. The Morgan fingerprint density at radius 3 is 2.71 bits per heavy atom. The van der Waals surface area contributed by atoms with E-state index in [0.717, 1.165) is 0 Å². The van der Waals surface area contributed by atoms with Crippen LogP contribution in [0.25, 0.3) is 0 Å². The van der Waals surface area contributed by atoms with Crippen LogP contribution in [0.4, 0.5) is 0 Å². The molecule has 0 aliphatic heterocycles. The smallest absolute Gasteiger partial charge is 0.339 e. The van der Waals surface area contributed by atoms with Gasteiger partial charge in [-0.15, -0.1) is 0 Å². The van der Waals surface area contributed by atoms with Crippen LogP contribution in [0, 0.1) is 0 Å². The van der Waals surface area contributed by atoms with Crippen LogP contribution < -0.4 is 10.3 Å². The predicted octanol–water partition coefficient (Wildman–Crippen LogP) is 3.15. The minimum Gasteiger partial charge on any atom is -0.478 e. The third-order valence-corrected chi connectivity index (χ3v) is 3.16. The SMILES string of the molecule is CC(C)c1nc(Oc2ccc(Br)cc2C(=O)O)cc(=O)[nH]1. The van der Waals surface area contributed by atoms with Crippen molar-refractivity contribution < 1.29 is 14.6 Å². The van der Waals surface area contributed by atoms with Crippen molar-refractivity contribution in [3.05, 3.63) is 50.5 Å².